The Morgan fingerprint density at radius 3 is 2.23 bits per heavy atom. The van der Waals surface area contributed by atoms with Crippen LogP contribution in [0.3, 0.4) is 0 Å². The monoisotopic (exact) mass is 364 g/mol. The summed E-state index contributed by atoms with van der Waals surface area (Å²) < 4.78 is 5.65. The largest absolute Gasteiger partial charge is 0.392 e. The molecule has 5 heteroatoms. The van der Waals surface area contributed by atoms with Gasteiger partial charge in [-0.3, -0.25) is 9.59 Å². The number of hydrogen-bond acceptors (Lipinski definition) is 5. The molecule has 146 valence electrons. The summed E-state index contributed by atoms with van der Waals surface area (Å²) in [6.07, 6.45) is -2.02. The molecule has 0 unspecified atom stereocenters. The van der Waals surface area contributed by atoms with Gasteiger partial charge in [0, 0.05) is 18.3 Å². The number of ketones is 2. The summed E-state index contributed by atoms with van der Waals surface area (Å²) in [6.45, 7) is 8.87. The third-order valence-electron chi connectivity index (χ3n) is 4.95. The number of ether oxygens (including phenoxy) is 1. The minimum Gasteiger partial charge on any atom is -0.392 e. The van der Waals surface area contributed by atoms with E-state index in [0.29, 0.717) is 13.2 Å². The minimum absolute atomic E-state index is 0.0721. The lowest BCUT2D eigenvalue weighted by molar-refractivity contribution is -0.143. The molecule has 0 aliphatic carbocycles. The number of rotatable bonds is 11. The van der Waals surface area contributed by atoms with Crippen molar-refractivity contribution in [1.29, 1.82) is 0 Å². The first-order chi connectivity index (χ1) is 12.1. The van der Waals surface area contributed by atoms with E-state index in [1.165, 1.54) is 6.92 Å². The molecule has 0 saturated carbocycles. The maximum atomic E-state index is 12.8. The third-order valence-corrected chi connectivity index (χ3v) is 4.95. The lowest BCUT2D eigenvalue weighted by atomic mass is 9.73. The van der Waals surface area contributed by atoms with E-state index in [0.717, 1.165) is 5.56 Å². The molecule has 0 aliphatic rings. The number of aliphatic hydroxyl groups is 2. The topological polar surface area (TPSA) is 83.8 Å². The molecule has 0 heterocycles. The van der Waals surface area contributed by atoms with Crippen molar-refractivity contribution in [3.63, 3.8) is 0 Å². The van der Waals surface area contributed by atoms with Crippen LogP contribution in [0.1, 0.15) is 46.6 Å². The van der Waals surface area contributed by atoms with Crippen LogP contribution in [0.2, 0.25) is 0 Å². The summed E-state index contributed by atoms with van der Waals surface area (Å²) in [5, 5.41) is 20.7. The molecule has 2 N–H and O–H groups in total. The van der Waals surface area contributed by atoms with Crippen molar-refractivity contribution in [2.24, 2.45) is 17.3 Å². The van der Waals surface area contributed by atoms with E-state index in [9.17, 15) is 19.8 Å². The van der Waals surface area contributed by atoms with Gasteiger partial charge >= 0.3 is 0 Å². The second kappa shape index (κ2) is 9.95. The molecule has 1 rings (SSSR count). The second-order valence-electron chi connectivity index (χ2n) is 7.77. The molecule has 0 amide bonds. The van der Waals surface area contributed by atoms with Crippen molar-refractivity contribution in [2.45, 2.75) is 59.9 Å². The van der Waals surface area contributed by atoms with E-state index in [4.69, 9.17) is 4.74 Å². The minimum atomic E-state index is -1.10. The van der Waals surface area contributed by atoms with Gasteiger partial charge in [0.25, 0.3) is 0 Å². The molecule has 0 fully saturated rings. The van der Waals surface area contributed by atoms with Gasteiger partial charge in [-0.2, -0.15) is 0 Å². The fraction of sp³-hybridized carbons (Fsp3) is 0.619. The van der Waals surface area contributed by atoms with Gasteiger partial charge in [0.05, 0.1) is 30.8 Å². The zero-order valence-electron chi connectivity index (χ0n) is 16.4. The predicted octanol–water partition coefficient (Wildman–Crippen LogP) is 2.77. The highest BCUT2D eigenvalue weighted by Gasteiger charge is 2.41. The van der Waals surface area contributed by atoms with Crippen LogP contribution >= 0.6 is 0 Å². The van der Waals surface area contributed by atoms with Gasteiger partial charge in [-0.15, -0.1) is 0 Å². The van der Waals surface area contributed by atoms with Crippen LogP contribution in [-0.4, -0.2) is 40.6 Å². The molecule has 0 spiro atoms. The van der Waals surface area contributed by atoms with Gasteiger partial charge in [-0.1, -0.05) is 58.0 Å². The van der Waals surface area contributed by atoms with E-state index in [-0.39, 0.29) is 23.9 Å². The van der Waals surface area contributed by atoms with Gasteiger partial charge in [-0.25, -0.2) is 0 Å². The van der Waals surface area contributed by atoms with Crippen molar-refractivity contribution < 1.29 is 24.5 Å². The summed E-state index contributed by atoms with van der Waals surface area (Å²) in [5.41, 5.74) is -0.0525. The van der Waals surface area contributed by atoms with Gasteiger partial charge in [0.1, 0.15) is 11.6 Å². The number of aliphatic hydroxyl groups excluding tert-OH is 2. The fourth-order valence-corrected chi connectivity index (χ4v) is 2.96. The first kappa shape index (κ1) is 22.5. The summed E-state index contributed by atoms with van der Waals surface area (Å²) in [7, 11) is 0. The van der Waals surface area contributed by atoms with E-state index in [1.54, 1.807) is 20.8 Å². The molecule has 0 bridgehead atoms. The Hall–Kier alpha value is -1.56. The Labute approximate surface area is 156 Å². The molecule has 26 heavy (non-hydrogen) atoms. The molecule has 0 aliphatic heterocycles. The number of hydrogen-bond donors (Lipinski definition) is 2. The van der Waals surface area contributed by atoms with Crippen molar-refractivity contribution in [3.8, 4) is 0 Å². The normalized spacial score (nSPS) is 16.6. The first-order valence-corrected chi connectivity index (χ1v) is 9.09. The first-order valence-electron chi connectivity index (χ1n) is 9.09. The number of carbonyl (C=O) groups excluding carboxylic acids is 2. The van der Waals surface area contributed by atoms with Gasteiger partial charge < -0.3 is 14.9 Å². The van der Waals surface area contributed by atoms with Crippen LogP contribution in [0, 0.1) is 17.3 Å². The molecule has 1 aromatic rings. The Kier molecular flexibility index (Phi) is 8.60. The van der Waals surface area contributed by atoms with E-state index < -0.39 is 23.5 Å². The standard InChI is InChI=1S/C21H32O5/c1-14(12-26-13-17-9-7-6-8-10-17)19(24)16(3)20(25)21(4,5)18(23)11-15(2)22/h6-10,14,16,18-19,23-24H,11-13H2,1-5H3/t14-,16+,18-,19-/m0/s1. The van der Waals surface area contributed by atoms with Crippen LogP contribution < -0.4 is 0 Å². The zero-order chi connectivity index (χ0) is 19.9. The highest BCUT2D eigenvalue weighted by Crippen LogP contribution is 2.30. The Bertz CT molecular complexity index is 581. The van der Waals surface area contributed by atoms with Crippen LogP contribution in [0.5, 0.6) is 0 Å². The van der Waals surface area contributed by atoms with Crippen LogP contribution in [-0.2, 0) is 20.9 Å². The maximum absolute atomic E-state index is 12.8. The number of benzene rings is 1. The Morgan fingerprint density at radius 1 is 1.12 bits per heavy atom. The molecule has 1 aromatic carbocycles. The SMILES string of the molecule is CC(=O)C[C@H](O)C(C)(C)C(=O)[C@H](C)[C@@H](O)[C@@H](C)COCc1ccccc1. The van der Waals surface area contributed by atoms with E-state index >= 15 is 0 Å². The Morgan fingerprint density at radius 2 is 1.69 bits per heavy atom. The van der Waals surface area contributed by atoms with Crippen molar-refractivity contribution in [3.05, 3.63) is 35.9 Å². The van der Waals surface area contributed by atoms with E-state index in [2.05, 4.69) is 0 Å². The van der Waals surface area contributed by atoms with E-state index in [1.807, 2.05) is 37.3 Å². The smallest absolute Gasteiger partial charge is 0.146 e. The average molecular weight is 364 g/mol. The molecular weight excluding hydrogens is 332 g/mol. The summed E-state index contributed by atoms with van der Waals surface area (Å²) in [6, 6.07) is 9.74. The highest BCUT2D eigenvalue weighted by molar-refractivity contribution is 5.88. The van der Waals surface area contributed by atoms with Crippen molar-refractivity contribution >= 4 is 11.6 Å². The van der Waals surface area contributed by atoms with Crippen LogP contribution in [0.25, 0.3) is 0 Å². The van der Waals surface area contributed by atoms with Gasteiger partial charge in [-0.05, 0) is 12.5 Å². The Balaban J connectivity index is 2.59. The third kappa shape index (κ3) is 6.31. The van der Waals surface area contributed by atoms with Crippen molar-refractivity contribution in [2.75, 3.05) is 6.61 Å². The molecular formula is C21H32O5. The average Bonchev–Trinajstić information content (AvgIpc) is 2.59. The van der Waals surface area contributed by atoms with Crippen LogP contribution in [0.15, 0.2) is 30.3 Å². The lowest BCUT2D eigenvalue weighted by Crippen LogP contribution is -2.45. The summed E-state index contributed by atoms with van der Waals surface area (Å²) in [5.74, 6) is -1.33. The zero-order valence-corrected chi connectivity index (χ0v) is 16.4. The highest BCUT2D eigenvalue weighted by atomic mass is 16.5. The molecule has 4 atom stereocenters. The predicted molar refractivity (Wildman–Crippen MR) is 101 cm³/mol. The second-order valence-corrected chi connectivity index (χ2v) is 7.77. The van der Waals surface area contributed by atoms with Gasteiger partial charge in [0.2, 0.25) is 0 Å². The van der Waals surface area contributed by atoms with Crippen LogP contribution in [0.4, 0.5) is 0 Å². The number of Topliss-reactive ketones (excluding diaryl/α,β-unsaturated/α-hetero) is 2. The molecule has 0 saturated heterocycles. The summed E-state index contributed by atoms with van der Waals surface area (Å²) >= 11 is 0. The van der Waals surface area contributed by atoms with Crippen molar-refractivity contribution in [1.82, 2.24) is 0 Å². The lowest BCUT2D eigenvalue weighted by Gasteiger charge is -2.34. The quantitative estimate of drug-likeness (QED) is 0.631. The van der Waals surface area contributed by atoms with Gasteiger partial charge in [0.15, 0.2) is 0 Å². The summed E-state index contributed by atoms with van der Waals surface area (Å²) in [4.78, 5) is 24.0. The number of carbonyl (C=O) groups is 2. The fourth-order valence-electron chi connectivity index (χ4n) is 2.96. The molecule has 0 radical (unpaired) electrons. The maximum Gasteiger partial charge on any atom is 0.146 e. The molecule has 5 nitrogen and oxygen atoms in total. The molecule has 0 aromatic heterocycles.